The molecule has 4 rings (SSSR count). The molecule has 0 spiro atoms. The van der Waals surface area contributed by atoms with Crippen molar-refractivity contribution in [3.05, 3.63) is 59.2 Å². The van der Waals surface area contributed by atoms with Gasteiger partial charge in [-0.25, -0.2) is 8.42 Å². The van der Waals surface area contributed by atoms with Crippen molar-refractivity contribution in [2.24, 2.45) is 0 Å². The van der Waals surface area contributed by atoms with Gasteiger partial charge in [0.25, 0.3) is 0 Å². The molecule has 7 nitrogen and oxygen atoms in total. The first-order valence-corrected chi connectivity index (χ1v) is 12.0. The zero-order valence-electron chi connectivity index (χ0n) is 17.6. The number of rotatable bonds is 6. The van der Waals surface area contributed by atoms with Gasteiger partial charge in [-0.15, -0.1) is 0 Å². The van der Waals surface area contributed by atoms with Gasteiger partial charge >= 0.3 is 0 Å². The minimum atomic E-state index is -3.52. The molecule has 8 heteroatoms. The second kappa shape index (κ2) is 8.80. The summed E-state index contributed by atoms with van der Waals surface area (Å²) in [6.07, 6.45) is 2.48. The third-order valence-corrected chi connectivity index (χ3v) is 7.76. The standard InChI is InChI=1S/C23H27N3O4S/c1-17-4-6-18(7-5-17)15-24-22(27)16-26-21-10-9-20(14-19(21)8-11-23(26)28)31(29,30)25-12-2-3-13-25/h4-7,9-10,14H,2-3,8,11-13,15-16H2,1H3,(H,24,27). The fourth-order valence-corrected chi connectivity index (χ4v) is 5.62. The van der Waals surface area contributed by atoms with Gasteiger partial charge in [-0.2, -0.15) is 4.31 Å². The first kappa shape index (κ1) is 21.5. The first-order valence-electron chi connectivity index (χ1n) is 10.6. The van der Waals surface area contributed by atoms with E-state index in [9.17, 15) is 18.0 Å². The smallest absolute Gasteiger partial charge is 0.243 e. The van der Waals surface area contributed by atoms with Gasteiger partial charge in [0.1, 0.15) is 6.54 Å². The fourth-order valence-electron chi connectivity index (χ4n) is 4.05. The molecule has 1 saturated heterocycles. The van der Waals surface area contributed by atoms with Crippen LogP contribution < -0.4 is 10.2 Å². The Balaban J connectivity index is 1.48. The molecule has 2 amide bonds. The van der Waals surface area contributed by atoms with Gasteiger partial charge in [0.2, 0.25) is 21.8 Å². The fraction of sp³-hybridized carbons (Fsp3) is 0.391. The van der Waals surface area contributed by atoms with Crippen LogP contribution in [0.4, 0.5) is 5.69 Å². The maximum absolute atomic E-state index is 12.9. The summed E-state index contributed by atoms with van der Waals surface area (Å²) in [5.74, 6) is -0.385. The molecule has 2 aliphatic heterocycles. The predicted molar refractivity (Wildman–Crippen MR) is 118 cm³/mol. The zero-order valence-corrected chi connectivity index (χ0v) is 18.5. The number of hydrogen-bond donors (Lipinski definition) is 1. The first-order chi connectivity index (χ1) is 14.8. The van der Waals surface area contributed by atoms with Gasteiger partial charge < -0.3 is 10.2 Å². The van der Waals surface area contributed by atoms with Crippen molar-refractivity contribution in [1.29, 1.82) is 0 Å². The summed E-state index contributed by atoms with van der Waals surface area (Å²) in [7, 11) is -3.52. The minimum Gasteiger partial charge on any atom is -0.350 e. The van der Waals surface area contributed by atoms with Crippen molar-refractivity contribution < 1.29 is 18.0 Å². The number of nitrogens with zero attached hydrogens (tertiary/aromatic N) is 2. The molecule has 0 unspecified atom stereocenters. The van der Waals surface area contributed by atoms with Gasteiger partial charge in [0.15, 0.2) is 0 Å². The third kappa shape index (κ3) is 4.65. The lowest BCUT2D eigenvalue weighted by molar-refractivity contribution is -0.124. The summed E-state index contributed by atoms with van der Waals surface area (Å²) in [6, 6.07) is 12.7. The zero-order chi connectivity index (χ0) is 22.0. The molecular formula is C23H27N3O4S. The van der Waals surface area contributed by atoms with E-state index in [-0.39, 0.29) is 29.7 Å². The number of benzene rings is 2. The SMILES string of the molecule is Cc1ccc(CNC(=O)CN2C(=O)CCc3cc(S(=O)(=O)N4CCCC4)ccc32)cc1. The average Bonchev–Trinajstić information content (AvgIpc) is 3.31. The van der Waals surface area contributed by atoms with Crippen molar-refractivity contribution in [1.82, 2.24) is 9.62 Å². The molecule has 1 N–H and O–H groups in total. The van der Waals surface area contributed by atoms with Crippen molar-refractivity contribution in [3.8, 4) is 0 Å². The lowest BCUT2D eigenvalue weighted by Crippen LogP contribution is -2.43. The van der Waals surface area contributed by atoms with E-state index in [0.717, 1.165) is 29.5 Å². The summed E-state index contributed by atoms with van der Waals surface area (Å²) < 4.78 is 27.2. The lowest BCUT2D eigenvalue weighted by atomic mass is 10.0. The Morgan fingerprint density at radius 3 is 2.45 bits per heavy atom. The van der Waals surface area contributed by atoms with Crippen LogP contribution in [0, 0.1) is 6.92 Å². The highest BCUT2D eigenvalue weighted by atomic mass is 32.2. The number of hydrogen-bond acceptors (Lipinski definition) is 4. The minimum absolute atomic E-state index is 0.0874. The molecule has 31 heavy (non-hydrogen) atoms. The summed E-state index contributed by atoms with van der Waals surface area (Å²) in [6.45, 7) is 3.40. The normalized spacial score (nSPS) is 16.9. The maximum atomic E-state index is 12.9. The molecule has 0 aliphatic carbocycles. The number of amides is 2. The van der Waals surface area contributed by atoms with E-state index in [1.54, 1.807) is 18.2 Å². The Morgan fingerprint density at radius 1 is 1.03 bits per heavy atom. The molecule has 0 saturated carbocycles. The van der Waals surface area contributed by atoms with Crippen LogP contribution in [0.3, 0.4) is 0 Å². The topological polar surface area (TPSA) is 86.8 Å². The van der Waals surface area contributed by atoms with Gasteiger partial charge in [-0.05, 0) is 55.5 Å². The molecule has 0 radical (unpaired) electrons. The van der Waals surface area contributed by atoms with E-state index in [4.69, 9.17) is 0 Å². The molecule has 2 aromatic carbocycles. The molecule has 2 aromatic rings. The van der Waals surface area contributed by atoms with E-state index in [0.29, 0.717) is 31.7 Å². The van der Waals surface area contributed by atoms with Gasteiger partial charge in [0, 0.05) is 31.7 Å². The molecule has 0 atom stereocenters. The molecule has 0 bridgehead atoms. The highest BCUT2D eigenvalue weighted by Crippen LogP contribution is 2.31. The molecule has 164 valence electrons. The molecule has 0 aromatic heterocycles. The Kier molecular flexibility index (Phi) is 6.11. The van der Waals surface area contributed by atoms with E-state index < -0.39 is 10.0 Å². The Morgan fingerprint density at radius 2 is 1.74 bits per heavy atom. The van der Waals surface area contributed by atoms with Crippen LogP contribution in [0.2, 0.25) is 0 Å². The van der Waals surface area contributed by atoms with Gasteiger partial charge in [-0.3, -0.25) is 9.59 Å². The quantitative estimate of drug-likeness (QED) is 0.746. The van der Waals surface area contributed by atoms with Crippen molar-refractivity contribution in [2.75, 3.05) is 24.5 Å². The highest BCUT2D eigenvalue weighted by Gasteiger charge is 2.31. The van der Waals surface area contributed by atoms with Crippen LogP contribution in [0.5, 0.6) is 0 Å². The largest absolute Gasteiger partial charge is 0.350 e. The van der Waals surface area contributed by atoms with Crippen molar-refractivity contribution in [3.63, 3.8) is 0 Å². The monoisotopic (exact) mass is 441 g/mol. The van der Waals surface area contributed by atoms with Crippen molar-refractivity contribution in [2.45, 2.75) is 44.0 Å². The van der Waals surface area contributed by atoms with Crippen LogP contribution in [0.15, 0.2) is 47.4 Å². The number of anilines is 1. The Hall–Kier alpha value is -2.71. The Labute approximate surface area is 183 Å². The molecule has 2 heterocycles. The lowest BCUT2D eigenvalue weighted by Gasteiger charge is -2.29. The molecule has 2 aliphatic rings. The third-order valence-electron chi connectivity index (χ3n) is 5.87. The van der Waals surface area contributed by atoms with Crippen LogP contribution in [0.1, 0.15) is 36.0 Å². The number of nitrogens with one attached hydrogen (secondary N) is 1. The van der Waals surface area contributed by atoms with E-state index in [2.05, 4.69) is 5.32 Å². The summed E-state index contributed by atoms with van der Waals surface area (Å²) in [5, 5.41) is 2.85. The van der Waals surface area contributed by atoms with Gasteiger partial charge in [0.05, 0.1) is 4.90 Å². The van der Waals surface area contributed by atoms with Crippen LogP contribution >= 0.6 is 0 Å². The van der Waals surface area contributed by atoms with Crippen LogP contribution in [-0.2, 0) is 32.6 Å². The van der Waals surface area contributed by atoms with Crippen LogP contribution in [-0.4, -0.2) is 44.2 Å². The van der Waals surface area contributed by atoms with E-state index >= 15 is 0 Å². The number of carbonyl (C=O) groups is 2. The van der Waals surface area contributed by atoms with Crippen LogP contribution in [0.25, 0.3) is 0 Å². The van der Waals surface area contributed by atoms with Gasteiger partial charge in [-0.1, -0.05) is 29.8 Å². The van der Waals surface area contributed by atoms with E-state index in [1.165, 1.54) is 9.21 Å². The number of carbonyl (C=O) groups excluding carboxylic acids is 2. The number of aryl methyl sites for hydroxylation is 2. The second-order valence-corrected chi connectivity index (χ2v) is 10.1. The average molecular weight is 442 g/mol. The predicted octanol–water partition coefficient (Wildman–Crippen LogP) is 2.38. The molecule has 1 fully saturated rings. The summed E-state index contributed by atoms with van der Waals surface area (Å²) in [4.78, 5) is 26.7. The number of sulfonamides is 1. The summed E-state index contributed by atoms with van der Waals surface area (Å²) in [5.41, 5.74) is 3.53. The Bertz CT molecular complexity index is 1090. The highest BCUT2D eigenvalue weighted by molar-refractivity contribution is 7.89. The molecular weight excluding hydrogens is 414 g/mol. The maximum Gasteiger partial charge on any atom is 0.243 e. The van der Waals surface area contributed by atoms with E-state index in [1.807, 2.05) is 31.2 Å². The summed E-state index contributed by atoms with van der Waals surface area (Å²) >= 11 is 0. The number of fused-ring (bicyclic) bond motifs is 1. The van der Waals surface area contributed by atoms with Crippen molar-refractivity contribution >= 4 is 27.5 Å². The second-order valence-electron chi connectivity index (χ2n) is 8.14.